The molecule has 2 nitrogen and oxygen atoms in total. The van der Waals surface area contributed by atoms with Crippen molar-refractivity contribution in [3.8, 4) is 0 Å². The first kappa shape index (κ1) is 13.6. The Balaban J connectivity index is 1.93. The van der Waals surface area contributed by atoms with Crippen LogP contribution in [0.1, 0.15) is 17.5 Å². The van der Waals surface area contributed by atoms with Gasteiger partial charge in [0.15, 0.2) is 0 Å². The van der Waals surface area contributed by atoms with Gasteiger partial charge in [0.05, 0.1) is 6.10 Å². The zero-order chi connectivity index (χ0) is 13.7. The van der Waals surface area contributed by atoms with E-state index in [-0.39, 0.29) is 12.0 Å². The van der Waals surface area contributed by atoms with Crippen molar-refractivity contribution >= 4 is 0 Å². The Morgan fingerprint density at radius 2 is 1.68 bits per heavy atom. The highest BCUT2D eigenvalue weighted by molar-refractivity contribution is 5.20. The molecule has 1 atom stereocenters. The van der Waals surface area contributed by atoms with Crippen molar-refractivity contribution in [2.45, 2.75) is 25.4 Å². The Hall–Kier alpha value is -1.81. The number of pyridine rings is 1. The van der Waals surface area contributed by atoms with E-state index in [0.29, 0.717) is 12.8 Å². The smallest absolute Gasteiger partial charge is 0.129 e. The maximum absolute atomic E-state index is 13.4. The highest BCUT2D eigenvalue weighted by Gasteiger charge is 2.13. The molecular weight excluding hydrogens is 248 g/mol. The summed E-state index contributed by atoms with van der Waals surface area (Å²) in [6.07, 6.45) is 3.69. The summed E-state index contributed by atoms with van der Waals surface area (Å²) in [5, 5.41) is 9.86. The maximum Gasteiger partial charge on any atom is 0.129 e. The fraction of sp³-hybridized carbons (Fsp3) is 0.267. The van der Waals surface area contributed by atoms with Crippen molar-refractivity contribution in [1.29, 1.82) is 0 Å². The van der Waals surface area contributed by atoms with Gasteiger partial charge in [0.2, 0.25) is 0 Å². The fourth-order valence-electron chi connectivity index (χ4n) is 1.95. The van der Waals surface area contributed by atoms with Crippen LogP contribution in [0.2, 0.25) is 0 Å². The van der Waals surface area contributed by atoms with Crippen LogP contribution >= 0.6 is 0 Å². The van der Waals surface area contributed by atoms with Gasteiger partial charge < -0.3 is 5.11 Å². The minimum atomic E-state index is -0.764. The lowest BCUT2D eigenvalue weighted by molar-refractivity contribution is 0.162. The molecule has 1 heterocycles. The largest absolute Gasteiger partial charge is 0.393 e. The molecule has 0 radical (unpaired) electrons. The summed E-state index contributed by atoms with van der Waals surface area (Å²) in [6.45, 7) is 0. The molecule has 0 aliphatic carbocycles. The number of aromatic nitrogens is 1. The zero-order valence-corrected chi connectivity index (χ0v) is 10.4. The van der Waals surface area contributed by atoms with E-state index in [2.05, 4.69) is 4.98 Å². The van der Waals surface area contributed by atoms with Gasteiger partial charge in [-0.2, -0.15) is 0 Å². The third-order valence-electron chi connectivity index (χ3n) is 3.02. The summed E-state index contributed by atoms with van der Waals surface area (Å²) in [5.74, 6) is -1.22. The summed E-state index contributed by atoms with van der Waals surface area (Å²) >= 11 is 0. The van der Waals surface area contributed by atoms with Crippen LogP contribution in [0.4, 0.5) is 8.78 Å². The van der Waals surface area contributed by atoms with E-state index < -0.39 is 17.7 Å². The number of hydrogen-bond acceptors (Lipinski definition) is 2. The minimum absolute atomic E-state index is 0.0103. The number of aliphatic hydroxyl groups is 1. The maximum atomic E-state index is 13.4. The molecule has 0 fully saturated rings. The summed E-state index contributed by atoms with van der Waals surface area (Å²) in [4.78, 5) is 3.90. The van der Waals surface area contributed by atoms with Crippen LogP contribution in [0.3, 0.4) is 0 Å². The first-order valence-corrected chi connectivity index (χ1v) is 6.16. The van der Waals surface area contributed by atoms with Crippen LogP contribution in [0, 0.1) is 11.6 Å². The first-order chi connectivity index (χ1) is 9.16. The molecule has 1 aromatic carbocycles. The van der Waals surface area contributed by atoms with Crippen molar-refractivity contribution in [3.63, 3.8) is 0 Å². The minimum Gasteiger partial charge on any atom is -0.393 e. The number of aryl methyl sites for hydroxylation is 1. The molecular formula is C15H15F2NO. The van der Waals surface area contributed by atoms with Gasteiger partial charge >= 0.3 is 0 Å². The van der Waals surface area contributed by atoms with Gasteiger partial charge in [-0.05, 0) is 42.7 Å². The third kappa shape index (κ3) is 3.83. The Kier molecular flexibility index (Phi) is 4.58. The average molecular weight is 263 g/mol. The molecule has 0 amide bonds. The van der Waals surface area contributed by atoms with Crippen molar-refractivity contribution in [2.75, 3.05) is 0 Å². The van der Waals surface area contributed by atoms with Crippen LogP contribution in [0.25, 0.3) is 0 Å². The second-order valence-electron chi connectivity index (χ2n) is 4.45. The van der Waals surface area contributed by atoms with E-state index in [9.17, 15) is 13.9 Å². The molecule has 0 bridgehead atoms. The van der Waals surface area contributed by atoms with Crippen LogP contribution in [0.15, 0.2) is 42.7 Å². The topological polar surface area (TPSA) is 33.1 Å². The highest BCUT2D eigenvalue weighted by atomic mass is 19.1. The molecule has 100 valence electrons. The van der Waals surface area contributed by atoms with Crippen LogP contribution in [0.5, 0.6) is 0 Å². The third-order valence-corrected chi connectivity index (χ3v) is 3.02. The molecule has 1 N–H and O–H groups in total. The predicted octanol–water partition coefficient (Wildman–Crippen LogP) is 2.90. The number of hydrogen-bond donors (Lipinski definition) is 1. The number of benzene rings is 1. The Morgan fingerprint density at radius 1 is 1.05 bits per heavy atom. The molecule has 1 unspecified atom stereocenters. The number of halogens is 2. The molecule has 0 saturated carbocycles. The van der Waals surface area contributed by atoms with Crippen LogP contribution < -0.4 is 0 Å². The van der Waals surface area contributed by atoms with E-state index >= 15 is 0 Å². The predicted molar refractivity (Wildman–Crippen MR) is 68.6 cm³/mol. The van der Waals surface area contributed by atoms with Gasteiger partial charge in [-0.15, -0.1) is 0 Å². The Bertz CT molecular complexity index is 511. The molecule has 2 rings (SSSR count). The molecule has 1 aromatic heterocycles. The lowest BCUT2D eigenvalue weighted by Crippen LogP contribution is -2.14. The zero-order valence-electron chi connectivity index (χ0n) is 10.4. The number of rotatable bonds is 5. The van der Waals surface area contributed by atoms with Crippen LogP contribution in [-0.4, -0.2) is 16.2 Å². The second-order valence-corrected chi connectivity index (χ2v) is 4.45. The fourth-order valence-corrected chi connectivity index (χ4v) is 1.95. The number of aliphatic hydroxyl groups excluding tert-OH is 1. The van der Waals surface area contributed by atoms with Gasteiger partial charge in [-0.3, -0.25) is 4.98 Å². The average Bonchev–Trinajstić information content (AvgIpc) is 2.42. The molecule has 0 aliphatic rings. The molecule has 0 aliphatic heterocycles. The van der Waals surface area contributed by atoms with Crippen molar-refractivity contribution in [2.24, 2.45) is 0 Å². The van der Waals surface area contributed by atoms with Gasteiger partial charge in [0.25, 0.3) is 0 Å². The van der Waals surface area contributed by atoms with E-state index in [1.807, 2.05) is 12.1 Å². The first-order valence-electron chi connectivity index (χ1n) is 6.16. The molecule has 0 spiro atoms. The number of nitrogens with zero attached hydrogens (tertiary/aromatic N) is 1. The van der Waals surface area contributed by atoms with E-state index in [4.69, 9.17) is 0 Å². The van der Waals surface area contributed by atoms with Gasteiger partial charge in [-0.1, -0.05) is 6.07 Å². The SMILES string of the molecule is OC(CCc1ccncc1)Cc1c(F)cccc1F. The Morgan fingerprint density at radius 3 is 2.32 bits per heavy atom. The quantitative estimate of drug-likeness (QED) is 0.899. The lowest BCUT2D eigenvalue weighted by atomic mass is 10.0. The molecule has 4 heteroatoms. The van der Waals surface area contributed by atoms with Crippen molar-refractivity contribution in [3.05, 3.63) is 65.5 Å². The van der Waals surface area contributed by atoms with E-state index in [1.54, 1.807) is 12.4 Å². The molecule has 0 saturated heterocycles. The monoisotopic (exact) mass is 263 g/mol. The van der Waals surface area contributed by atoms with Crippen molar-refractivity contribution in [1.82, 2.24) is 4.98 Å². The molecule has 19 heavy (non-hydrogen) atoms. The summed E-state index contributed by atoms with van der Waals surface area (Å²) in [5.41, 5.74) is 0.993. The van der Waals surface area contributed by atoms with E-state index in [1.165, 1.54) is 18.2 Å². The molecule has 2 aromatic rings. The summed E-state index contributed by atoms with van der Waals surface area (Å²) < 4.78 is 26.8. The van der Waals surface area contributed by atoms with Crippen molar-refractivity contribution < 1.29 is 13.9 Å². The van der Waals surface area contributed by atoms with Gasteiger partial charge in [-0.25, -0.2) is 8.78 Å². The van der Waals surface area contributed by atoms with Gasteiger partial charge in [0, 0.05) is 24.4 Å². The van der Waals surface area contributed by atoms with Crippen LogP contribution in [-0.2, 0) is 12.8 Å². The highest BCUT2D eigenvalue weighted by Crippen LogP contribution is 2.16. The normalized spacial score (nSPS) is 12.4. The summed E-state index contributed by atoms with van der Waals surface area (Å²) in [6, 6.07) is 7.44. The lowest BCUT2D eigenvalue weighted by Gasteiger charge is -2.12. The second kappa shape index (κ2) is 6.38. The standard InChI is InChI=1S/C15H15F2NO/c16-14-2-1-3-15(17)13(14)10-12(19)5-4-11-6-8-18-9-7-11/h1-3,6-9,12,19H,4-5,10H2. The van der Waals surface area contributed by atoms with E-state index in [0.717, 1.165) is 5.56 Å². The van der Waals surface area contributed by atoms with Gasteiger partial charge in [0.1, 0.15) is 11.6 Å². The Labute approximate surface area is 110 Å². The summed E-state index contributed by atoms with van der Waals surface area (Å²) in [7, 11) is 0.